The molecule has 5 nitrogen and oxygen atoms in total. The summed E-state index contributed by atoms with van der Waals surface area (Å²) in [6.45, 7) is 5.67. The van der Waals surface area contributed by atoms with Gasteiger partial charge in [0.25, 0.3) is 5.91 Å². The van der Waals surface area contributed by atoms with E-state index in [1.165, 1.54) is 4.90 Å². The third kappa shape index (κ3) is 4.62. The molecule has 0 aliphatic carbocycles. The zero-order valence-corrected chi connectivity index (χ0v) is 12.6. The van der Waals surface area contributed by atoms with E-state index in [1.54, 1.807) is 12.1 Å². The van der Waals surface area contributed by atoms with E-state index in [-0.39, 0.29) is 25.0 Å². The maximum absolute atomic E-state index is 12.7. The molecule has 0 bridgehead atoms. The first-order valence-corrected chi connectivity index (χ1v) is 6.75. The van der Waals surface area contributed by atoms with Gasteiger partial charge in [-0.15, -0.1) is 0 Å². The van der Waals surface area contributed by atoms with Crippen LogP contribution in [0.15, 0.2) is 18.2 Å². The Morgan fingerprint density at radius 3 is 2.52 bits per heavy atom. The molecule has 0 aromatic heterocycles. The third-order valence-electron chi connectivity index (χ3n) is 2.94. The molecule has 1 aromatic rings. The first-order chi connectivity index (χ1) is 9.86. The summed E-state index contributed by atoms with van der Waals surface area (Å²) < 4.78 is 0. The van der Waals surface area contributed by atoms with Crippen LogP contribution in [0.3, 0.4) is 0 Å². The first kappa shape index (κ1) is 16.7. The summed E-state index contributed by atoms with van der Waals surface area (Å²) in [5.74, 6) is 4.84. The number of rotatable bonds is 4. The Hall–Kier alpha value is -2.32. The second kappa shape index (κ2) is 7.46. The predicted molar refractivity (Wildman–Crippen MR) is 82.5 cm³/mol. The molecule has 0 heterocycles. The fourth-order valence-electron chi connectivity index (χ4n) is 1.90. The molecular weight excluding hydrogens is 266 g/mol. The van der Waals surface area contributed by atoms with Crippen molar-refractivity contribution < 1.29 is 9.59 Å². The summed E-state index contributed by atoms with van der Waals surface area (Å²) >= 11 is 0. The van der Waals surface area contributed by atoms with Gasteiger partial charge in [0.2, 0.25) is 5.91 Å². The predicted octanol–water partition coefficient (Wildman–Crippen LogP) is 0.641. The zero-order valence-electron chi connectivity index (χ0n) is 12.6. The number of carbonyl (C=O) groups excluding carboxylic acids is 2. The van der Waals surface area contributed by atoms with Crippen molar-refractivity contribution in [2.75, 3.05) is 13.1 Å². The number of hydrogen-bond acceptors (Lipinski definition) is 3. The van der Waals surface area contributed by atoms with Crippen LogP contribution in [-0.2, 0) is 4.79 Å². The Balaban J connectivity index is 3.25. The Bertz CT molecular complexity index is 597. The molecule has 0 saturated carbocycles. The molecule has 112 valence electrons. The Morgan fingerprint density at radius 1 is 1.33 bits per heavy atom. The lowest BCUT2D eigenvalue weighted by Gasteiger charge is -2.26. The zero-order chi connectivity index (χ0) is 16.0. The molecule has 1 rings (SSSR count). The van der Waals surface area contributed by atoms with Crippen LogP contribution in [0.4, 0.5) is 0 Å². The Labute approximate surface area is 125 Å². The largest absolute Gasteiger partial charge is 0.368 e. The minimum Gasteiger partial charge on any atom is -0.368 e. The van der Waals surface area contributed by atoms with E-state index in [0.717, 1.165) is 5.56 Å². The van der Waals surface area contributed by atoms with E-state index in [4.69, 9.17) is 11.5 Å². The highest BCUT2D eigenvalue weighted by Crippen LogP contribution is 2.15. The highest BCUT2D eigenvalue weighted by atomic mass is 16.2. The Kier molecular flexibility index (Phi) is 5.94. The van der Waals surface area contributed by atoms with Gasteiger partial charge in [-0.3, -0.25) is 9.59 Å². The fraction of sp³-hybridized carbons (Fsp3) is 0.375. The molecule has 21 heavy (non-hydrogen) atoms. The summed E-state index contributed by atoms with van der Waals surface area (Å²) in [6, 6.07) is 5.29. The van der Waals surface area contributed by atoms with Crippen molar-refractivity contribution in [2.45, 2.75) is 26.8 Å². The lowest BCUT2D eigenvalue weighted by Crippen LogP contribution is -2.43. The maximum Gasteiger partial charge on any atom is 0.255 e. The second-order valence-electron chi connectivity index (χ2n) is 5.05. The summed E-state index contributed by atoms with van der Waals surface area (Å²) in [5.41, 5.74) is 12.6. The first-order valence-electron chi connectivity index (χ1n) is 6.75. The molecule has 0 saturated heterocycles. The van der Waals surface area contributed by atoms with Crippen molar-refractivity contribution in [3.05, 3.63) is 34.9 Å². The van der Waals surface area contributed by atoms with Gasteiger partial charge in [0.05, 0.1) is 18.7 Å². The monoisotopic (exact) mass is 287 g/mol. The molecule has 0 unspecified atom stereocenters. The van der Waals surface area contributed by atoms with Crippen molar-refractivity contribution in [2.24, 2.45) is 11.5 Å². The molecule has 0 spiro atoms. The van der Waals surface area contributed by atoms with Crippen LogP contribution in [0, 0.1) is 18.8 Å². The van der Waals surface area contributed by atoms with E-state index in [0.29, 0.717) is 11.1 Å². The summed E-state index contributed by atoms with van der Waals surface area (Å²) in [6.07, 6.45) is 0. The summed E-state index contributed by atoms with van der Waals surface area (Å²) in [5, 5.41) is 0. The second-order valence-corrected chi connectivity index (χ2v) is 5.05. The molecule has 0 aliphatic rings. The van der Waals surface area contributed by atoms with Crippen LogP contribution in [0.1, 0.15) is 35.3 Å². The average Bonchev–Trinajstić information content (AvgIpc) is 2.42. The van der Waals surface area contributed by atoms with Gasteiger partial charge in [0, 0.05) is 11.6 Å². The molecular formula is C16H21N3O2. The van der Waals surface area contributed by atoms with Crippen LogP contribution < -0.4 is 11.5 Å². The van der Waals surface area contributed by atoms with Crippen LogP contribution in [0.2, 0.25) is 0 Å². The molecule has 0 aliphatic heterocycles. The quantitative estimate of drug-likeness (QED) is 0.796. The van der Waals surface area contributed by atoms with Crippen molar-refractivity contribution in [1.29, 1.82) is 0 Å². The van der Waals surface area contributed by atoms with Gasteiger partial charge in [0.15, 0.2) is 0 Å². The summed E-state index contributed by atoms with van der Waals surface area (Å²) in [4.78, 5) is 25.3. The Morgan fingerprint density at radius 2 is 2.00 bits per heavy atom. The molecule has 1 aromatic carbocycles. The highest BCUT2D eigenvalue weighted by Gasteiger charge is 2.22. The third-order valence-corrected chi connectivity index (χ3v) is 2.94. The lowest BCUT2D eigenvalue weighted by atomic mass is 10.0. The van der Waals surface area contributed by atoms with E-state index in [2.05, 4.69) is 11.8 Å². The maximum atomic E-state index is 12.7. The van der Waals surface area contributed by atoms with E-state index in [1.807, 2.05) is 26.8 Å². The topological polar surface area (TPSA) is 89.4 Å². The smallest absolute Gasteiger partial charge is 0.255 e. The normalized spacial score (nSPS) is 9.95. The van der Waals surface area contributed by atoms with Crippen molar-refractivity contribution in [3.8, 4) is 11.8 Å². The van der Waals surface area contributed by atoms with Crippen LogP contribution in [-0.4, -0.2) is 35.8 Å². The van der Waals surface area contributed by atoms with Crippen molar-refractivity contribution >= 4 is 11.8 Å². The van der Waals surface area contributed by atoms with Gasteiger partial charge < -0.3 is 16.4 Å². The van der Waals surface area contributed by atoms with Gasteiger partial charge in [0.1, 0.15) is 0 Å². The minimum absolute atomic E-state index is 0.117. The minimum atomic E-state index is -0.542. The number of benzene rings is 1. The number of primary amides is 1. The van der Waals surface area contributed by atoms with Crippen LogP contribution in [0.25, 0.3) is 0 Å². The fourth-order valence-corrected chi connectivity index (χ4v) is 1.90. The van der Waals surface area contributed by atoms with E-state index < -0.39 is 5.91 Å². The molecule has 4 N–H and O–H groups in total. The lowest BCUT2D eigenvalue weighted by molar-refractivity contribution is -0.119. The van der Waals surface area contributed by atoms with Crippen LogP contribution in [0.5, 0.6) is 0 Å². The van der Waals surface area contributed by atoms with Gasteiger partial charge >= 0.3 is 0 Å². The van der Waals surface area contributed by atoms with Gasteiger partial charge in [-0.1, -0.05) is 23.5 Å². The van der Waals surface area contributed by atoms with Crippen LogP contribution >= 0.6 is 0 Å². The number of carbonyl (C=O) groups is 2. The molecule has 0 atom stereocenters. The molecule has 2 amide bonds. The number of aryl methyl sites for hydroxylation is 1. The molecule has 0 radical (unpaired) electrons. The van der Waals surface area contributed by atoms with Crippen molar-refractivity contribution in [1.82, 2.24) is 4.90 Å². The number of hydrogen-bond donors (Lipinski definition) is 2. The van der Waals surface area contributed by atoms with Gasteiger partial charge in [-0.05, 0) is 32.9 Å². The molecule has 5 heteroatoms. The number of nitrogens with two attached hydrogens (primary N) is 2. The standard InChI is InChI=1S/C16H21N3O2/c1-11(2)19(10-15(18)20)16(21)14-9-12(3)6-7-13(14)5-4-8-17/h6-7,9,11H,8,10,17H2,1-3H3,(H2,18,20). The number of amides is 2. The van der Waals surface area contributed by atoms with Gasteiger partial charge in [-0.25, -0.2) is 0 Å². The van der Waals surface area contributed by atoms with E-state index >= 15 is 0 Å². The highest BCUT2D eigenvalue weighted by molar-refractivity contribution is 5.98. The van der Waals surface area contributed by atoms with Gasteiger partial charge in [-0.2, -0.15) is 0 Å². The molecule has 0 fully saturated rings. The van der Waals surface area contributed by atoms with E-state index in [9.17, 15) is 9.59 Å². The number of nitrogens with zero attached hydrogens (tertiary/aromatic N) is 1. The average molecular weight is 287 g/mol. The SMILES string of the molecule is Cc1ccc(C#CCN)c(C(=O)N(CC(N)=O)C(C)C)c1. The summed E-state index contributed by atoms with van der Waals surface area (Å²) in [7, 11) is 0. The van der Waals surface area contributed by atoms with Crippen molar-refractivity contribution in [3.63, 3.8) is 0 Å².